The van der Waals surface area contributed by atoms with Crippen molar-refractivity contribution in [3.63, 3.8) is 0 Å². The fourth-order valence-corrected chi connectivity index (χ4v) is 5.27. The minimum atomic E-state index is -2.55. The summed E-state index contributed by atoms with van der Waals surface area (Å²) >= 11 is 0. The highest BCUT2D eigenvalue weighted by Crippen LogP contribution is 2.48. The molecular weight excluding hydrogens is 386 g/mol. The predicted octanol–water partition coefficient (Wildman–Crippen LogP) is 3.52. The molecule has 1 unspecified atom stereocenters. The molecule has 152 valence electrons. The van der Waals surface area contributed by atoms with Gasteiger partial charge in [-0.25, -0.2) is 0 Å². The molecule has 3 N–H and O–H groups in total. The standard InChI is InChI=1S/C22H25N3O3S/c26-22(19-8-4-10-23-16-19,20-9-5-11-24-17-20)21(18-6-2-1-3-7-18)25-12-14-29(27,28)15-13-25/h1-11,16-17,21,26-28H,12-15H2. The van der Waals surface area contributed by atoms with Crippen LogP contribution in [0.15, 0.2) is 79.4 Å². The number of pyridine rings is 2. The highest BCUT2D eigenvalue weighted by Gasteiger charge is 2.46. The van der Waals surface area contributed by atoms with Crippen molar-refractivity contribution in [2.75, 3.05) is 24.6 Å². The molecule has 0 spiro atoms. The Kier molecular flexibility index (Phi) is 5.67. The van der Waals surface area contributed by atoms with Crippen LogP contribution < -0.4 is 0 Å². The van der Waals surface area contributed by atoms with Gasteiger partial charge in [-0.05, 0) is 17.7 Å². The average molecular weight is 412 g/mol. The van der Waals surface area contributed by atoms with Gasteiger partial charge >= 0.3 is 0 Å². The number of hydrogen-bond donors (Lipinski definition) is 3. The third-order valence-corrected chi connectivity index (χ3v) is 7.16. The Labute approximate surface area is 172 Å². The quantitative estimate of drug-likeness (QED) is 0.595. The maximum atomic E-state index is 12.3. The largest absolute Gasteiger partial charge is 0.378 e. The van der Waals surface area contributed by atoms with Crippen LogP contribution in [-0.4, -0.2) is 53.7 Å². The molecule has 0 amide bonds. The van der Waals surface area contributed by atoms with E-state index in [0.29, 0.717) is 35.7 Å². The molecule has 4 rings (SSSR count). The zero-order valence-corrected chi connectivity index (χ0v) is 16.8. The number of nitrogens with zero attached hydrogens (tertiary/aromatic N) is 3. The topological polar surface area (TPSA) is 89.7 Å². The molecule has 1 aliphatic rings. The van der Waals surface area contributed by atoms with Crippen LogP contribution in [0.3, 0.4) is 0 Å². The van der Waals surface area contributed by atoms with Crippen molar-refractivity contribution in [1.29, 1.82) is 0 Å². The van der Waals surface area contributed by atoms with Crippen LogP contribution >= 0.6 is 10.6 Å². The van der Waals surface area contributed by atoms with Gasteiger partial charge in [0.15, 0.2) is 0 Å². The lowest BCUT2D eigenvalue weighted by molar-refractivity contribution is -0.0214. The van der Waals surface area contributed by atoms with Gasteiger partial charge in [-0.2, -0.15) is 10.6 Å². The Balaban J connectivity index is 1.88. The number of aromatic nitrogens is 2. The maximum Gasteiger partial charge on any atom is 0.137 e. The summed E-state index contributed by atoms with van der Waals surface area (Å²) in [5.74, 6) is 0.596. The number of hydrogen-bond acceptors (Lipinski definition) is 6. The van der Waals surface area contributed by atoms with Crippen LogP contribution in [0.1, 0.15) is 22.7 Å². The van der Waals surface area contributed by atoms with Crippen LogP contribution in [0.4, 0.5) is 0 Å². The average Bonchev–Trinajstić information content (AvgIpc) is 2.77. The van der Waals surface area contributed by atoms with Crippen molar-refractivity contribution in [3.8, 4) is 0 Å². The molecule has 1 aromatic carbocycles. The second-order valence-electron chi connectivity index (χ2n) is 7.31. The third-order valence-electron chi connectivity index (χ3n) is 5.49. The monoisotopic (exact) mass is 411 g/mol. The van der Waals surface area contributed by atoms with Crippen LogP contribution in [-0.2, 0) is 5.60 Å². The second-order valence-corrected chi connectivity index (χ2v) is 9.73. The first-order valence-electron chi connectivity index (χ1n) is 9.57. The van der Waals surface area contributed by atoms with Gasteiger partial charge in [0.2, 0.25) is 0 Å². The molecule has 29 heavy (non-hydrogen) atoms. The summed E-state index contributed by atoms with van der Waals surface area (Å²) in [6, 6.07) is 16.8. The predicted molar refractivity (Wildman–Crippen MR) is 115 cm³/mol. The van der Waals surface area contributed by atoms with Crippen LogP contribution in [0, 0.1) is 0 Å². The van der Waals surface area contributed by atoms with Gasteiger partial charge in [0.1, 0.15) is 5.60 Å². The first kappa shape index (κ1) is 20.0. The highest BCUT2D eigenvalue weighted by molar-refractivity contribution is 8.24. The molecule has 0 saturated carbocycles. The van der Waals surface area contributed by atoms with Crippen molar-refractivity contribution < 1.29 is 14.2 Å². The first-order valence-corrected chi connectivity index (χ1v) is 11.5. The van der Waals surface area contributed by atoms with E-state index in [0.717, 1.165) is 5.56 Å². The zero-order valence-electron chi connectivity index (χ0n) is 16.0. The molecule has 0 bridgehead atoms. The number of rotatable bonds is 5. The minimum Gasteiger partial charge on any atom is -0.378 e. The van der Waals surface area contributed by atoms with E-state index in [4.69, 9.17) is 0 Å². The van der Waals surface area contributed by atoms with Crippen LogP contribution in [0.25, 0.3) is 0 Å². The summed E-state index contributed by atoms with van der Waals surface area (Å²) in [7, 11) is -2.55. The van der Waals surface area contributed by atoms with E-state index in [-0.39, 0.29) is 0 Å². The zero-order chi connectivity index (χ0) is 20.3. The van der Waals surface area contributed by atoms with Gasteiger partial charge in [0, 0.05) is 49.0 Å². The van der Waals surface area contributed by atoms with Gasteiger partial charge in [-0.3, -0.25) is 24.0 Å². The molecule has 3 aromatic rings. The van der Waals surface area contributed by atoms with E-state index in [1.165, 1.54) is 0 Å². The fraction of sp³-hybridized carbons (Fsp3) is 0.273. The molecule has 2 aromatic heterocycles. The van der Waals surface area contributed by atoms with E-state index in [1.807, 2.05) is 54.6 Å². The third kappa shape index (κ3) is 4.05. The molecule has 1 aliphatic heterocycles. The maximum absolute atomic E-state index is 12.3. The lowest BCUT2D eigenvalue weighted by Gasteiger charge is -2.48. The Morgan fingerprint density at radius 3 is 1.86 bits per heavy atom. The number of aliphatic hydroxyl groups is 1. The molecule has 3 heterocycles. The summed E-state index contributed by atoms with van der Waals surface area (Å²) in [5.41, 5.74) is 0.864. The van der Waals surface area contributed by atoms with Gasteiger partial charge < -0.3 is 5.11 Å². The van der Waals surface area contributed by atoms with Gasteiger partial charge in [0.05, 0.1) is 17.5 Å². The molecule has 6 nitrogen and oxygen atoms in total. The van der Waals surface area contributed by atoms with Crippen molar-refractivity contribution in [2.24, 2.45) is 0 Å². The summed E-state index contributed by atoms with van der Waals surface area (Å²) < 4.78 is 20.2. The smallest absolute Gasteiger partial charge is 0.137 e. The first-order chi connectivity index (χ1) is 14.0. The van der Waals surface area contributed by atoms with E-state index in [2.05, 4.69) is 14.9 Å². The Morgan fingerprint density at radius 1 is 0.828 bits per heavy atom. The van der Waals surface area contributed by atoms with Crippen molar-refractivity contribution in [2.45, 2.75) is 11.6 Å². The SMILES string of the molecule is OC(c1cccnc1)(c1cccnc1)C(c1ccccc1)N1CCS(O)(O)CC1. The molecule has 1 atom stereocenters. The minimum absolute atomic E-state index is 0.298. The molecule has 7 heteroatoms. The fourth-order valence-electron chi connectivity index (χ4n) is 4.01. The van der Waals surface area contributed by atoms with Crippen molar-refractivity contribution in [1.82, 2.24) is 14.9 Å². The molecular formula is C22H25N3O3S. The lowest BCUT2D eigenvalue weighted by Crippen LogP contribution is -2.49. The van der Waals surface area contributed by atoms with E-state index >= 15 is 0 Å². The van der Waals surface area contributed by atoms with Gasteiger partial charge in [-0.15, -0.1) is 0 Å². The molecule has 1 fully saturated rings. The van der Waals surface area contributed by atoms with E-state index < -0.39 is 22.2 Å². The van der Waals surface area contributed by atoms with Crippen LogP contribution in [0.2, 0.25) is 0 Å². The summed E-state index contributed by atoms with van der Waals surface area (Å²) in [6.07, 6.45) is 6.72. The van der Waals surface area contributed by atoms with E-state index in [1.54, 1.807) is 24.8 Å². The normalized spacial score (nSPS) is 19.4. The molecule has 0 aliphatic carbocycles. The summed E-state index contributed by atoms with van der Waals surface area (Å²) in [5, 5.41) is 12.3. The Morgan fingerprint density at radius 2 is 1.38 bits per heavy atom. The van der Waals surface area contributed by atoms with Crippen LogP contribution in [0.5, 0.6) is 0 Å². The van der Waals surface area contributed by atoms with Gasteiger partial charge in [0.25, 0.3) is 0 Å². The lowest BCUT2D eigenvalue weighted by atomic mass is 9.77. The summed E-state index contributed by atoms with van der Waals surface area (Å²) in [6.45, 7) is 0.954. The Bertz CT molecular complexity index is 876. The Hall–Kier alpha value is -2.29. The van der Waals surface area contributed by atoms with E-state index in [9.17, 15) is 14.2 Å². The molecule has 1 saturated heterocycles. The summed E-state index contributed by atoms with van der Waals surface area (Å²) in [4.78, 5) is 10.6. The van der Waals surface area contributed by atoms with Gasteiger partial charge in [-0.1, -0.05) is 42.5 Å². The molecule has 0 radical (unpaired) electrons. The van der Waals surface area contributed by atoms with Crippen molar-refractivity contribution >= 4 is 10.6 Å². The highest BCUT2D eigenvalue weighted by atomic mass is 32.3. The van der Waals surface area contributed by atoms with Crippen molar-refractivity contribution in [3.05, 3.63) is 96.1 Å². The second kappa shape index (κ2) is 8.22. The number of benzene rings is 1.